The normalized spacial score (nSPS) is 14.4. The van der Waals surface area contributed by atoms with Gasteiger partial charge in [0.15, 0.2) is 11.4 Å². The highest BCUT2D eigenvalue weighted by molar-refractivity contribution is 7.98. The number of methoxy groups -OCH3 is 2. The Balaban J connectivity index is 1.82. The Bertz CT molecular complexity index is 1850. The van der Waals surface area contributed by atoms with Crippen molar-refractivity contribution in [2.24, 2.45) is 0 Å². The summed E-state index contributed by atoms with van der Waals surface area (Å²) >= 11 is 1.68. The summed E-state index contributed by atoms with van der Waals surface area (Å²) in [6.45, 7) is 5.27. The van der Waals surface area contributed by atoms with Gasteiger partial charge in [0.1, 0.15) is 17.8 Å². The minimum Gasteiger partial charge on any atom is -0.482 e. The summed E-state index contributed by atoms with van der Waals surface area (Å²) in [6.07, 6.45) is 0.726. The van der Waals surface area contributed by atoms with Gasteiger partial charge in [0.25, 0.3) is 0 Å². The van der Waals surface area contributed by atoms with Gasteiger partial charge in [-0.2, -0.15) is 0 Å². The first-order valence-corrected chi connectivity index (χ1v) is 16.8. The van der Waals surface area contributed by atoms with E-state index < -0.39 is 41.0 Å². The Morgan fingerprint density at radius 2 is 1.53 bits per heavy atom. The molecule has 3 aromatic carbocycles. The number of benzene rings is 3. The van der Waals surface area contributed by atoms with Crippen molar-refractivity contribution in [1.29, 1.82) is 0 Å². The van der Waals surface area contributed by atoms with Crippen LogP contribution < -0.4 is 10.2 Å². The van der Waals surface area contributed by atoms with Crippen molar-refractivity contribution >= 4 is 29.8 Å². The lowest BCUT2D eigenvalue weighted by molar-refractivity contribution is 0.0269. The maximum Gasteiger partial charge on any atom is 0.410 e. The number of ether oxygens (including phenoxy) is 4. The molecule has 0 fully saturated rings. The van der Waals surface area contributed by atoms with Crippen LogP contribution in [0, 0.1) is 0 Å². The molecular formula is C38H40N2O8S. The van der Waals surface area contributed by atoms with E-state index in [1.807, 2.05) is 72.8 Å². The first kappa shape index (κ1) is 35.3. The van der Waals surface area contributed by atoms with Crippen LogP contribution in [-0.2, 0) is 26.6 Å². The molecule has 0 saturated carbocycles. The van der Waals surface area contributed by atoms with Crippen LogP contribution in [0.15, 0.2) is 94.7 Å². The summed E-state index contributed by atoms with van der Waals surface area (Å²) < 4.78 is 23.7. The summed E-state index contributed by atoms with van der Waals surface area (Å²) in [7, 11) is 3.99. The lowest BCUT2D eigenvalue weighted by Gasteiger charge is -2.36. The van der Waals surface area contributed by atoms with Crippen molar-refractivity contribution in [3.8, 4) is 5.75 Å². The molecule has 1 aromatic heterocycles. The molecular weight excluding hydrogens is 644 g/mol. The van der Waals surface area contributed by atoms with Crippen molar-refractivity contribution in [2.75, 3.05) is 27.8 Å². The van der Waals surface area contributed by atoms with Crippen LogP contribution in [0.3, 0.4) is 0 Å². The fraction of sp³-hybridized carbons (Fsp3) is 0.316. The summed E-state index contributed by atoms with van der Waals surface area (Å²) in [5.74, 6) is -1.92. The van der Waals surface area contributed by atoms with E-state index in [0.717, 1.165) is 27.1 Å². The van der Waals surface area contributed by atoms with Crippen molar-refractivity contribution in [3.63, 3.8) is 0 Å². The third kappa shape index (κ3) is 7.83. The Morgan fingerprint density at radius 1 is 0.898 bits per heavy atom. The topological polar surface area (TPSA) is 113 Å². The highest BCUT2D eigenvalue weighted by Gasteiger charge is 2.38. The van der Waals surface area contributed by atoms with E-state index in [2.05, 4.69) is 6.07 Å². The van der Waals surface area contributed by atoms with Crippen LogP contribution in [0.4, 0.5) is 4.79 Å². The van der Waals surface area contributed by atoms with Gasteiger partial charge >= 0.3 is 18.0 Å². The van der Waals surface area contributed by atoms with Crippen molar-refractivity contribution in [3.05, 3.63) is 129 Å². The van der Waals surface area contributed by atoms with Crippen LogP contribution in [0.25, 0.3) is 0 Å². The maximum absolute atomic E-state index is 14.0. The van der Waals surface area contributed by atoms with Crippen LogP contribution >= 0.6 is 11.8 Å². The number of fused-ring (bicyclic) bond motifs is 2. The average Bonchev–Trinajstić information content (AvgIpc) is 3.26. The van der Waals surface area contributed by atoms with E-state index in [0.29, 0.717) is 5.75 Å². The monoisotopic (exact) mass is 684 g/mol. The molecule has 0 N–H and O–H groups in total. The van der Waals surface area contributed by atoms with Crippen LogP contribution in [-0.4, -0.2) is 60.9 Å². The fourth-order valence-corrected chi connectivity index (χ4v) is 7.02. The van der Waals surface area contributed by atoms with Gasteiger partial charge in [-0.1, -0.05) is 72.8 Å². The van der Waals surface area contributed by atoms with Gasteiger partial charge < -0.3 is 28.4 Å². The first-order chi connectivity index (χ1) is 23.4. The Kier molecular flexibility index (Phi) is 10.8. The molecule has 1 unspecified atom stereocenters. The van der Waals surface area contributed by atoms with Gasteiger partial charge in [-0.15, -0.1) is 11.8 Å². The summed E-state index contributed by atoms with van der Waals surface area (Å²) in [5.41, 5.74) is 1.56. The van der Waals surface area contributed by atoms with Crippen molar-refractivity contribution in [2.45, 2.75) is 55.6 Å². The minimum absolute atomic E-state index is 0.00147. The third-order valence-corrected chi connectivity index (χ3v) is 9.28. The Morgan fingerprint density at radius 3 is 2.20 bits per heavy atom. The zero-order valence-corrected chi connectivity index (χ0v) is 29.2. The van der Waals surface area contributed by atoms with Gasteiger partial charge in [0.05, 0.1) is 20.3 Å². The summed E-state index contributed by atoms with van der Waals surface area (Å²) in [4.78, 5) is 57.0. The molecule has 2 atom stereocenters. The molecule has 0 aliphatic carbocycles. The first-order valence-electron chi connectivity index (χ1n) is 15.8. The van der Waals surface area contributed by atoms with Gasteiger partial charge in [-0.25, -0.2) is 14.4 Å². The molecule has 0 saturated heterocycles. The summed E-state index contributed by atoms with van der Waals surface area (Å²) in [6, 6.07) is 24.3. The molecule has 4 aromatic rings. The van der Waals surface area contributed by atoms with Crippen LogP contribution in [0.2, 0.25) is 0 Å². The van der Waals surface area contributed by atoms with E-state index in [1.165, 1.54) is 29.9 Å². The number of hydrogen-bond acceptors (Lipinski definition) is 9. The molecule has 5 rings (SSSR count). The number of aromatic nitrogens is 1. The van der Waals surface area contributed by atoms with Gasteiger partial charge in [-0.3, -0.25) is 4.79 Å². The predicted octanol–water partition coefficient (Wildman–Crippen LogP) is 6.85. The quantitative estimate of drug-likeness (QED) is 0.138. The number of amides is 1. The Hall–Kier alpha value is -5.03. The van der Waals surface area contributed by atoms with E-state index >= 15 is 0 Å². The third-order valence-electron chi connectivity index (χ3n) is 8.14. The van der Waals surface area contributed by atoms with Crippen molar-refractivity contribution in [1.82, 2.24) is 9.47 Å². The maximum atomic E-state index is 14.0. The molecule has 256 valence electrons. The molecule has 2 heterocycles. The fourth-order valence-electron chi connectivity index (χ4n) is 5.91. The van der Waals surface area contributed by atoms with E-state index in [1.54, 1.807) is 39.6 Å². The molecule has 10 nitrogen and oxygen atoms in total. The highest BCUT2D eigenvalue weighted by Crippen LogP contribution is 2.46. The van der Waals surface area contributed by atoms with Gasteiger partial charge in [0, 0.05) is 36.4 Å². The standard InChI is InChI=1S/C38H40N2O8S/c1-38(2,3)48-37(44)39(4)21-29(31-26-17-11-10-16-25(26)23-49-30-19-13-12-18-27(30)31)40-20-28(35(42)45-5)33(41)34(32(40)36(43)46-6)47-22-24-14-8-7-9-15-24/h7-20,29,31H,21-23H2,1-6H3/t29-,31?/m0/s1. The van der Waals surface area contributed by atoms with E-state index in [4.69, 9.17) is 18.9 Å². The van der Waals surface area contributed by atoms with Gasteiger partial charge in [-0.05, 0) is 49.1 Å². The number of hydrogen-bond donors (Lipinski definition) is 0. The molecule has 0 spiro atoms. The smallest absolute Gasteiger partial charge is 0.410 e. The number of nitrogens with zero attached hydrogens (tertiary/aromatic N) is 2. The van der Waals surface area contributed by atoms with E-state index in [-0.39, 0.29) is 30.2 Å². The molecule has 0 bridgehead atoms. The number of esters is 2. The lowest BCUT2D eigenvalue weighted by Crippen LogP contribution is -2.41. The largest absolute Gasteiger partial charge is 0.482 e. The number of carbonyl (C=O) groups is 3. The zero-order valence-electron chi connectivity index (χ0n) is 28.4. The highest BCUT2D eigenvalue weighted by atomic mass is 32.2. The zero-order chi connectivity index (χ0) is 35.3. The summed E-state index contributed by atoms with van der Waals surface area (Å²) in [5, 5.41) is 0. The lowest BCUT2D eigenvalue weighted by atomic mass is 9.82. The average molecular weight is 685 g/mol. The number of likely N-dealkylation sites (N-methyl/N-ethyl adjacent to an activating group) is 1. The van der Waals surface area contributed by atoms with Crippen LogP contribution in [0.5, 0.6) is 5.75 Å². The number of rotatable bonds is 9. The second-order valence-electron chi connectivity index (χ2n) is 12.6. The van der Waals surface area contributed by atoms with Gasteiger partial charge in [0.2, 0.25) is 5.43 Å². The molecule has 1 amide bonds. The number of pyridine rings is 1. The molecule has 49 heavy (non-hydrogen) atoms. The molecule has 1 aliphatic rings. The van der Waals surface area contributed by atoms with E-state index in [9.17, 15) is 19.2 Å². The second-order valence-corrected chi connectivity index (χ2v) is 13.7. The molecule has 1 aliphatic heterocycles. The predicted molar refractivity (Wildman–Crippen MR) is 186 cm³/mol. The SMILES string of the molecule is COC(=O)c1cn([C@@H](CN(C)C(=O)OC(C)(C)C)C2c3ccccc3CSc3ccccc32)c(C(=O)OC)c(OCc2ccccc2)c1=O. The second kappa shape index (κ2) is 15.0. The van der Waals surface area contributed by atoms with Crippen LogP contribution in [0.1, 0.15) is 75.8 Å². The number of thioether (sulfide) groups is 1. The Labute approximate surface area is 289 Å². The minimum atomic E-state index is -0.906. The molecule has 11 heteroatoms. The van der Waals surface area contributed by atoms with Crippen molar-refractivity contribution < 1.29 is 33.3 Å². The molecule has 0 radical (unpaired) electrons. The number of carbonyl (C=O) groups excluding carboxylic acids is 3.